The van der Waals surface area contributed by atoms with Gasteiger partial charge in [-0.1, -0.05) is 27.7 Å². The van der Waals surface area contributed by atoms with E-state index in [-0.39, 0.29) is 5.41 Å². The summed E-state index contributed by atoms with van der Waals surface area (Å²) in [5, 5.41) is 3.45. The van der Waals surface area contributed by atoms with Crippen LogP contribution in [0.25, 0.3) is 0 Å². The second kappa shape index (κ2) is 6.45. The lowest BCUT2D eigenvalue weighted by molar-refractivity contribution is 0.562. The topological polar surface area (TPSA) is 41.1 Å². The van der Waals surface area contributed by atoms with Gasteiger partial charge < -0.3 is 10.2 Å². The first-order valence-corrected chi connectivity index (χ1v) is 8.58. The molecule has 0 unspecified atom stereocenters. The third-order valence-electron chi connectivity index (χ3n) is 3.48. The van der Waals surface area contributed by atoms with Crippen LogP contribution in [-0.4, -0.2) is 29.6 Å². The molecule has 2 heterocycles. The van der Waals surface area contributed by atoms with Crippen molar-refractivity contribution >= 4 is 34.4 Å². The minimum Gasteiger partial charge on any atom is -0.369 e. The Morgan fingerprint density at radius 2 is 1.85 bits per heavy atom. The van der Waals surface area contributed by atoms with Gasteiger partial charge in [-0.3, -0.25) is 0 Å². The average Bonchev–Trinajstić information content (AvgIpc) is 2.90. The number of hydrogen-bond donors (Lipinski definition) is 1. The molecule has 4 nitrogen and oxygen atoms in total. The van der Waals surface area contributed by atoms with Crippen LogP contribution < -0.4 is 10.2 Å². The summed E-state index contributed by atoms with van der Waals surface area (Å²) in [6.45, 7) is 11.9. The summed E-state index contributed by atoms with van der Waals surface area (Å²) in [5.74, 6) is 1.89. The van der Waals surface area contributed by atoms with Crippen LogP contribution in [0.15, 0.2) is 0 Å². The zero-order valence-corrected chi connectivity index (χ0v) is 15.1. The summed E-state index contributed by atoms with van der Waals surface area (Å²) in [7, 11) is 0. The van der Waals surface area contributed by atoms with Crippen molar-refractivity contribution in [3.05, 3.63) is 9.26 Å². The van der Waals surface area contributed by atoms with Crippen LogP contribution in [-0.2, 0) is 5.41 Å². The molecule has 1 aromatic rings. The highest BCUT2D eigenvalue weighted by atomic mass is 127. The van der Waals surface area contributed by atoms with Gasteiger partial charge in [-0.2, -0.15) is 4.98 Å². The Labute approximate surface area is 135 Å². The van der Waals surface area contributed by atoms with Crippen LogP contribution in [0, 0.1) is 3.57 Å². The van der Waals surface area contributed by atoms with Crippen LogP contribution in [0.4, 0.5) is 11.8 Å². The molecule has 0 atom stereocenters. The SMILES string of the molecule is CCCNc1nc(N2CCCC2)nc(C(C)(C)C)c1I. The summed E-state index contributed by atoms with van der Waals surface area (Å²) in [6.07, 6.45) is 3.60. The van der Waals surface area contributed by atoms with Crippen molar-refractivity contribution in [2.45, 2.75) is 52.4 Å². The van der Waals surface area contributed by atoms with Gasteiger partial charge in [0, 0.05) is 25.0 Å². The molecule has 1 aliphatic rings. The molecule has 112 valence electrons. The molecular formula is C15H25IN4. The molecule has 5 heteroatoms. The Morgan fingerprint density at radius 1 is 1.20 bits per heavy atom. The van der Waals surface area contributed by atoms with E-state index >= 15 is 0 Å². The maximum atomic E-state index is 4.86. The van der Waals surface area contributed by atoms with Gasteiger partial charge in [0.2, 0.25) is 5.95 Å². The molecule has 1 saturated heterocycles. The van der Waals surface area contributed by atoms with Gasteiger partial charge in [-0.15, -0.1) is 0 Å². The zero-order valence-electron chi connectivity index (χ0n) is 13.0. The molecule has 1 aliphatic heterocycles. The number of halogens is 1. The predicted octanol–water partition coefficient (Wildman–Crippen LogP) is 3.80. The van der Waals surface area contributed by atoms with Crippen molar-refractivity contribution in [1.29, 1.82) is 0 Å². The van der Waals surface area contributed by atoms with Gasteiger partial charge in [0.05, 0.1) is 9.26 Å². The maximum absolute atomic E-state index is 4.86. The molecule has 0 aromatic carbocycles. The Bertz CT molecular complexity index is 462. The Kier molecular flexibility index (Phi) is 5.09. The standard InChI is InChI=1S/C15H25IN4/c1-5-8-17-13-11(16)12(15(2,3)4)18-14(19-13)20-9-6-7-10-20/h5-10H2,1-4H3,(H,17,18,19). The minimum atomic E-state index is 0.0383. The van der Waals surface area contributed by atoms with Gasteiger partial charge in [0.15, 0.2) is 0 Å². The average molecular weight is 388 g/mol. The summed E-state index contributed by atoms with van der Waals surface area (Å²) >= 11 is 2.38. The lowest BCUT2D eigenvalue weighted by Crippen LogP contribution is -2.25. The second-order valence-electron chi connectivity index (χ2n) is 6.41. The van der Waals surface area contributed by atoms with E-state index in [1.54, 1.807) is 0 Å². The van der Waals surface area contributed by atoms with Crippen molar-refractivity contribution in [2.75, 3.05) is 29.9 Å². The molecule has 0 aliphatic carbocycles. The van der Waals surface area contributed by atoms with Crippen molar-refractivity contribution in [2.24, 2.45) is 0 Å². The van der Waals surface area contributed by atoms with E-state index in [1.807, 2.05) is 0 Å². The van der Waals surface area contributed by atoms with Gasteiger partial charge in [-0.05, 0) is 41.9 Å². The first-order valence-electron chi connectivity index (χ1n) is 7.50. The van der Waals surface area contributed by atoms with Gasteiger partial charge in [-0.25, -0.2) is 4.98 Å². The van der Waals surface area contributed by atoms with Gasteiger partial charge >= 0.3 is 0 Å². The lowest BCUT2D eigenvalue weighted by Gasteiger charge is -2.24. The summed E-state index contributed by atoms with van der Waals surface area (Å²) in [5.41, 5.74) is 1.19. The fraction of sp³-hybridized carbons (Fsp3) is 0.733. The minimum absolute atomic E-state index is 0.0383. The van der Waals surface area contributed by atoms with E-state index in [9.17, 15) is 0 Å². The number of rotatable bonds is 4. The van der Waals surface area contributed by atoms with Crippen molar-refractivity contribution in [3.8, 4) is 0 Å². The number of nitrogens with zero attached hydrogens (tertiary/aromatic N) is 3. The monoisotopic (exact) mass is 388 g/mol. The van der Waals surface area contributed by atoms with Crippen molar-refractivity contribution in [3.63, 3.8) is 0 Å². The smallest absolute Gasteiger partial charge is 0.227 e. The van der Waals surface area contributed by atoms with Crippen molar-refractivity contribution in [1.82, 2.24) is 9.97 Å². The van der Waals surface area contributed by atoms with Crippen LogP contribution >= 0.6 is 22.6 Å². The summed E-state index contributed by atoms with van der Waals surface area (Å²) in [6, 6.07) is 0. The third-order valence-corrected chi connectivity index (χ3v) is 4.50. The Morgan fingerprint density at radius 3 is 2.40 bits per heavy atom. The molecule has 0 radical (unpaired) electrons. The summed E-state index contributed by atoms with van der Waals surface area (Å²) in [4.78, 5) is 11.9. The molecule has 20 heavy (non-hydrogen) atoms. The van der Waals surface area contributed by atoms with E-state index in [0.717, 1.165) is 47.1 Å². The van der Waals surface area contributed by atoms with Crippen molar-refractivity contribution < 1.29 is 0 Å². The van der Waals surface area contributed by atoms with E-state index in [2.05, 4.69) is 60.5 Å². The van der Waals surface area contributed by atoms with Gasteiger partial charge in [0.1, 0.15) is 5.82 Å². The largest absolute Gasteiger partial charge is 0.369 e. The molecular weight excluding hydrogens is 363 g/mol. The molecule has 2 rings (SSSR count). The van der Waals surface area contributed by atoms with Crippen LogP contribution in [0.1, 0.15) is 52.7 Å². The van der Waals surface area contributed by atoms with Crippen LogP contribution in [0.2, 0.25) is 0 Å². The number of hydrogen-bond acceptors (Lipinski definition) is 4. The van der Waals surface area contributed by atoms with E-state index in [1.165, 1.54) is 12.8 Å². The van der Waals surface area contributed by atoms with Crippen LogP contribution in [0.5, 0.6) is 0 Å². The molecule has 0 amide bonds. The van der Waals surface area contributed by atoms with E-state index < -0.39 is 0 Å². The quantitative estimate of drug-likeness (QED) is 0.797. The maximum Gasteiger partial charge on any atom is 0.227 e. The highest BCUT2D eigenvalue weighted by molar-refractivity contribution is 14.1. The normalized spacial score (nSPS) is 15.8. The lowest BCUT2D eigenvalue weighted by atomic mass is 9.92. The molecule has 1 aromatic heterocycles. The fourth-order valence-corrected chi connectivity index (χ4v) is 3.59. The van der Waals surface area contributed by atoms with Crippen LogP contribution in [0.3, 0.4) is 0 Å². The van der Waals surface area contributed by atoms with E-state index in [4.69, 9.17) is 9.97 Å². The van der Waals surface area contributed by atoms with Gasteiger partial charge in [0.25, 0.3) is 0 Å². The number of nitrogens with one attached hydrogen (secondary N) is 1. The fourth-order valence-electron chi connectivity index (χ4n) is 2.35. The second-order valence-corrected chi connectivity index (χ2v) is 7.48. The third kappa shape index (κ3) is 3.54. The molecule has 1 N–H and O–H groups in total. The highest BCUT2D eigenvalue weighted by Crippen LogP contribution is 2.31. The Hall–Kier alpha value is -0.590. The molecule has 1 fully saturated rings. The summed E-state index contributed by atoms with van der Waals surface area (Å²) < 4.78 is 1.16. The molecule has 0 spiro atoms. The first kappa shape index (κ1) is 15.8. The highest BCUT2D eigenvalue weighted by Gasteiger charge is 2.25. The predicted molar refractivity (Wildman–Crippen MR) is 93.7 cm³/mol. The first-order chi connectivity index (χ1) is 9.43. The molecule has 0 saturated carbocycles. The zero-order chi connectivity index (χ0) is 14.8. The number of anilines is 2. The molecule has 0 bridgehead atoms. The number of aromatic nitrogens is 2. The van der Waals surface area contributed by atoms with E-state index in [0.29, 0.717) is 0 Å². The Balaban J connectivity index is 2.42.